The van der Waals surface area contributed by atoms with Gasteiger partial charge in [0.25, 0.3) is 0 Å². The predicted molar refractivity (Wildman–Crippen MR) is 72.2 cm³/mol. The van der Waals surface area contributed by atoms with Crippen LogP contribution in [0.25, 0.3) is 5.69 Å². The van der Waals surface area contributed by atoms with E-state index in [9.17, 15) is 4.79 Å². The van der Waals surface area contributed by atoms with Gasteiger partial charge < -0.3 is 10.1 Å². The van der Waals surface area contributed by atoms with Crippen molar-refractivity contribution in [3.8, 4) is 11.6 Å². The maximum absolute atomic E-state index is 11.1. The molecule has 0 aliphatic carbocycles. The standard InChI is InChI=1S/C14H17N3O2/c1-3-13(18)15-10-19-14-9-11(2)16-17(14)12-7-5-4-6-8-12/h4-9H,3,10H2,1-2H3,(H,15,18). The number of para-hydroxylation sites is 1. The fourth-order valence-electron chi connectivity index (χ4n) is 1.65. The number of carbonyl (C=O) groups is 1. The van der Waals surface area contributed by atoms with Crippen LogP contribution in [0.2, 0.25) is 0 Å². The maximum Gasteiger partial charge on any atom is 0.222 e. The van der Waals surface area contributed by atoms with E-state index < -0.39 is 0 Å². The molecule has 5 heteroatoms. The molecule has 0 fully saturated rings. The van der Waals surface area contributed by atoms with Crippen molar-refractivity contribution in [2.24, 2.45) is 0 Å². The van der Waals surface area contributed by atoms with Crippen LogP contribution < -0.4 is 10.1 Å². The Morgan fingerprint density at radius 2 is 2.11 bits per heavy atom. The lowest BCUT2D eigenvalue weighted by atomic mass is 10.3. The monoisotopic (exact) mass is 259 g/mol. The fourth-order valence-corrected chi connectivity index (χ4v) is 1.65. The molecule has 0 atom stereocenters. The smallest absolute Gasteiger partial charge is 0.222 e. The highest BCUT2D eigenvalue weighted by Gasteiger charge is 2.08. The molecular formula is C14H17N3O2. The van der Waals surface area contributed by atoms with Crippen LogP contribution in [0.4, 0.5) is 0 Å². The van der Waals surface area contributed by atoms with Gasteiger partial charge >= 0.3 is 0 Å². The van der Waals surface area contributed by atoms with Gasteiger partial charge in [-0.2, -0.15) is 5.10 Å². The van der Waals surface area contributed by atoms with Gasteiger partial charge in [0.1, 0.15) is 0 Å². The number of carbonyl (C=O) groups excluding carboxylic acids is 1. The van der Waals surface area contributed by atoms with Gasteiger partial charge in [-0.3, -0.25) is 4.79 Å². The summed E-state index contributed by atoms with van der Waals surface area (Å²) in [6.45, 7) is 3.84. The van der Waals surface area contributed by atoms with Crippen LogP contribution in [0, 0.1) is 6.92 Å². The number of hydrogen-bond acceptors (Lipinski definition) is 3. The molecule has 0 bridgehead atoms. The molecule has 0 spiro atoms. The van der Waals surface area contributed by atoms with Crippen molar-refractivity contribution in [3.63, 3.8) is 0 Å². The zero-order valence-corrected chi connectivity index (χ0v) is 11.1. The molecule has 5 nitrogen and oxygen atoms in total. The molecule has 1 heterocycles. The zero-order chi connectivity index (χ0) is 13.7. The van der Waals surface area contributed by atoms with Crippen molar-refractivity contribution >= 4 is 5.91 Å². The number of rotatable bonds is 5. The molecule has 0 radical (unpaired) electrons. The number of nitrogens with zero attached hydrogens (tertiary/aromatic N) is 2. The molecule has 100 valence electrons. The lowest BCUT2D eigenvalue weighted by Crippen LogP contribution is -2.27. The SMILES string of the molecule is CCC(=O)NCOc1cc(C)nn1-c1ccccc1. The van der Waals surface area contributed by atoms with Gasteiger partial charge in [0.05, 0.1) is 11.4 Å². The Balaban J connectivity index is 2.11. The van der Waals surface area contributed by atoms with Gasteiger partial charge in [-0.25, -0.2) is 4.68 Å². The molecule has 2 rings (SSSR count). The molecule has 1 amide bonds. The minimum Gasteiger partial charge on any atom is -0.456 e. The normalized spacial score (nSPS) is 10.2. The van der Waals surface area contributed by atoms with E-state index in [0.717, 1.165) is 11.4 Å². The second-order valence-corrected chi connectivity index (χ2v) is 4.11. The van der Waals surface area contributed by atoms with Gasteiger partial charge in [-0.05, 0) is 19.1 Å². The largest absolute Gasteiger partial charge is 0.456 e. The summed E-state index contributed by atoms with van der Waals surface area (Å²) >= 11 is 0. The molecule has 1 aromatic heterocycles. The van der Waals surface area contributed by atoms with Crippen LogP contribution in [0.5, 0.6) is 5.88 Å². The molecule has 1 N–H and O–H groups in total. The molecule has 2 aromatic rings. The van der Waals surface area contributed by atoms with Gasteiger partial charge in [-0.15, -0.1) is 0 Å². The number of amides is 1. The van der Waals surface area contributed by atoms with Crippen molar-refractivity contribution in [3.05, 3.63) is 42.1 Å². The first-order chi connectivity index (χ1) is 9.20. The summed E-state index contributed by atoms with van der Waals surface area (Å²) in [4.78, 5) is 11.1. The number of aryl methyl sites for hydroxylation is 1. The Bertz CT molecular complexity index is 549. The summed E-state index contributed by atoms with van der Waals surface area (Å²) in [6, 6.07) is 11.6. The van der Waals surface area contributed by atoms with E-state index in [0.29, 0.717) is 12.3 Å². The zero-order valence-electron chi connectivity index (χ0n) is 11.1. The summed E-state index contributed by atoms with van der Waals surface area (Å²) in [7, 11) is 0. The molecule has 0 saturated heterocycles. The molecular weight excluding hydrogens is 242 g/mol. The third kappa shape index (κ3) is 3.34. The average molecular weight is 259 g/mol. The minimum atomic E-state index is -0.0394. The van der Waals surface area contributed by atoms with E-state index in [1.807, 2.05) is 43.3 Å². The number of aromatic nitrogens is 2. The van der Waals surface area contributed by atoms with Crippen molar-refractivity contribution in [2.75, 3.05) is 6.73 Å². The molecule has 0 aliphatic heterocycles. The number of hydrogen-bond donors (Lipinski definition) is 1. The maximum atomic E-state index is 11.1. The van der Waals surface area contributed by atoms with Crippen LogP contribution in [-0.4, -0.2) is 22.4 Å². The second kappa shape index (κ2) is 6.04. The molecule has 0 unspecified atom stereocenters. The van der Waals surface area contributed by atoms with Crippen molar-refractivity contribution in [1.82, 2.24) is 15.1 Å². The molecule has 19 heavy (non-hydrogen) atoms. The highest BCUT2D eigenvalue weighted by Crippen LogP contribution is 2.18. The van der Waals surface area contributed by atoms with Crippen LogP contribution in [-0.2, 0) is 4.79 Å². The first-order valence-corrected chi connectivity index (χ1v) is 6.22. The van der Waals surface area contributed by atoms with Crippen molar-refractivity contribution < 1.29 is 9.53 Å². The molecule has 0 aliphatic rings. The van der Waals surface area contributed by atoms with E-state index >= 15 is 0 Å². The van der Waals surface area contributed by atoms with Crippen LogP contribution >= 0.6 is 0 Å². The lowest BCUT2D eigenvalue weighted by molar-refractivity contribution is -0.121. The summed E-state index contributed by atoms with van der Waals surface area (Å²) in [6.07, 6.45) is 0.445. The Hall–Kier alpha value is -2.30. The first-order valence-electron chi connectivity index (χ1n) is 6.22. The summed E-state index contributed by atoms with van der Waals surface area (Å²) in [5.74, 6) is 0.572. The summed E-state index contributed by atoms with van der Waals surface area (Å²) in [5.41, 5.74) is 1.79. The Morgan fingerprint density at radius 3 is 2.79 bits per heavy atom. The van der Waals surface area contributed by atoms with Gasteiger partial charge in [-0.1, -0.05) is 25.1 Å². The van der Waals surface area contributed by atoms with E-state index in [1.54, 1.807) is 11.6 Å². The third-order valence-electron chi connectivity index (χ3n) is 2.61. The van der Waals surface area contributed by atoms with Crippen LogP contribution in [0.15, 0.2) is 36.4 Å². The van der Waals surface area contributed by atoms with Gasteiger partial charge in [0, 0.05) is 12.5 Å². The third-order valence-corrected chi connectivity index (χ3v) is 2.61. The van der Waals surface area contributed by atoms with E-state index in [4.69, 9.17) is 4.74 Å². The fraction of sp³-hybridized carbons (Fsp3) is 0.286. The molecule has 0 saturated carbocycles. The van der Waals surface area contributed by atoms with E-state index in [-0.39, 0.29) is 12.6 Å². The highest BCUT2D eigenvalue weighted by molar-refractivity contribution is 5.75. The first kappa shape index (κ1) is 13.1. The van der Waals surface area contributed by atoms with E-state index in [2.05, 4.69) is 10.4 Å². The Kier molecular flexibility index (Phi) is 4.18. The topological polar surface area (TPSA) is 56.1 Å². The van der Waals surface area contributed by atoms with Crippen LogP contribution in [0.1, 0.15) is 19.0 Å². The lowest BCUT2D eigenvalue weighted by Gasteiger charge is -2.09. The van der Waals surface area contributed by atoms with Gasteiger partial charge in [0.2, 0.25) is 11.8 Å². The number of ether oxygens (including phenoxy) is 1. The summed E-state index contributed by atoms with van der Waals surface area (Å²) < 4.78 is 7.27. The second-order valence-electron chi connectivity index (χ2n) is 4.11. The van der Waals surface area contributed by atoms with E-state index in [1.165, 1.54) is 0 Å². The number of benzene rings is 1. The van der Waals surface area contributed by atoms with Gasteiger partial charge in [0.15, 0.2) is 6.73 Å². The Morgan fingerprint density at radius 1 is 1.37 bits per heavy atom. The summed E-state index contributed by atoms with van der Waals surface area (Å²) in [5, 5.41) is 7.04. The average Bonchev–Trinajstić information content (AvgIpc) is 2.80. The van der Waals surface area contributed by atoms with Crippen LogP contribution in [0.3, 0.4) is 0 Å². The highest BCUT2D eigenvalue weighted by atomic mass is 16.5. The quantitative estimate of drug-likeness (QED) is 0.836. The predicted octanol–water partition coefficient (Wildman–Crippen LogP) is 2.04. The number of nitrogens with one attached hydrogen (secondary N) is 1. The van der Waals surface area contributed by atoms with Crippen molar-refractivity contribution in [2.45, 2.75) is 20.3 Å². The Labute approximate surface area is 112 Å². The van der Waals surface area contributed by atoms with Crippen molar-refractivity contribution in [1.29, 1.82) is 0 Å². The minimum absolute atomic E-state index is 0.0394. The molecule has 1 aromatic carbocycles.